The Balaban J connectivity index is 1.12. The van der Waals surface area contributed by atoms with Crippen LogP contribution in [-0.2, 0) is 0 Å². The van der Waals surface area contributed by atoms with Crippen molar-refractivity contribution in [3.63, 3.8) is 0 Å². The lowest BCUT2D eigenvalue weighted by Crippen LogP contribution is -2.23. The van der Waals surface area contributed by atoms with Crippen molar-refractivity contribution in [2.45, 2.75) is 133 Å². The molecule has 4 aromatic carbocycles. The Labute approximate surface area is 355 Å². The molecule has 0 bridgehead atoms. The van der Waals surface area contributed by atoms with Crippen LogP contribution in [0.3, 0.4) is 0 Å². The minimum atomic E-state index is -0.383. The molecule has 3 aliphatic carbocycles. The van der Waals surface area contributed by atoms with Gasteiger partial charge in [-0.15, -0.1) is 23.5 Å². The summed E-state index contributed by atoms with van der Waals surface area (Å²) in [4.78, 5) is 30.6. The number of anilines is 1. The molecular weight excluding hydrogens is 755 g/mol. The third-order valence-corrected chi connectivity index (χ3v) is 15.0. The number of unbranched alkanes of at least 4 members (excludes halogenated alkanes) is 2. The minimum Gasteiger partial charge on any atom is -0.507 e. The summed E-state index contributed by atoms with van der Waals surface area (Å²) in [5.41, 5.74) is 12.2. The van der Waals surface area contributed by atoms with E-state index in [1.165, 1.54) is 95.5 Å². The summed E-state index contributed by atoms with van der Waals surface area (Å²) in [6.45, 7) is 9.58. The van der Waals surface area contributed by atoms with Crippen LogP contribution in [0.25, 0.3) is 22.3 Å². The Hall–Kier alpha value is -3.68. The van der Waals surface area contributed by atoms with E-state index in [2.05, 4.69) is 52.0 Å². The van der Waals surface area contributed by atoms with Crippen molar-refractivity contribution in [1.29, 1.82) is 0 Å². The highest BCUT2D eigenvalue weighted by Gasteiger charge is 2.36. The van der Waals surface area contributed by atoms with Gasteiger partial charge in [-0.05, 0) is 121 Å². The molecule has 7 rings (SSSR count). The van der Waals surface area contributed by atoms with Gasteiger partial charge in [0.1, 0.15) is 11.5 Å². The van der Waals surface area contributed by atoms with E-state index in [0.717, 1.165) is 56.6 Å². The third kappa shape index (κ3) is 9.06. The molecule has 4 aromatic rings. The molecule has 0 atom stereocenters. The smallest absolute Gasteiger partial charge is 0.198 e. The Morgan fingerprint density at radius 3 is 1.79 bits per heavy atom. The molecule has 0 amide bonds. The SMILES string of the molecule is CCCCCC1CCC(c2ccc(-c3ccc4c(c3O)C(=O)c3ccc(-c5cc(SCC)c(OCC6CCC(CCC)CC6)c(SCC)c5)c(N)c3C4=O)cc2)CC1. The summed E-state index contributed by atoms with van der Waals surface area (Å²) in [6, 6.07) is 19.7. The number of rotatable bonds is 16. The number of hydrogen-bond donors (Lipinski definition) is 2. The van der Waals surface area contributed by atoms with Gasteiger partial charge in [-0.1, -0.05) is 109 Å². The van der Waals surface area contributed by atoms with Gasteiger partial charge >= 0.3 is 0 Å². The number of phenolic OH excluding ortho intramolecular Hbond substituents is 1. The largest absolute Gasteiger partial charge is 0.507 e. The van der Waals surface area contributed by atoms with Crippen LogP contribution in [0.15, 0.2) is 70.5 Å². The standard InChI is InChI=1S/C51H63NO4S2/c1-5-9-10-12-33-17-19-35(20-18-33)36-21-23-37(24-22-36)40-26-28-42-46(48(40)53)50(55)41-27-25-39(47(52)45(41)49(42)54)38-29-43(57-7-3)51(44(30-38)58-8-4)56-31-34-15-13-32(11-6-2)14-16-34/h21-30,32-35,53H,5-20,31,52H2,1-4H3. The first-order valence-corrected chi connectivity index (χ1v) is 24.3. The zero-order valence-corrected chi connectivity index (χ0v) is 36.8. The highest BCUT2D eigenvalue weighted by Crippen LogP contribution is 2.47. The monoisotopic (exact) mass is 817 g/mol. The van der Waals surface area contributed by atoms with E-state index in [4.69, 9.17) is 10.5 Å². The average Bonchev–Trinajstić information content (AvgIpc) is 3.23. The predicted octanol–water partition coefficient (Wildman–Crippen LogP) is 14.1. The first-order valence-electron chi connectivity index (χ1n) is 22.3. The van der Waals surface area contributed by atoms with E-state index in [1.807, 2.05) is 18.2 Å². The number of carbonyl (C=O) groups excluding carboxylic acids is 2. The van der Waals surface area contributed by atoms with E-state index in [9.17, 15) is 14.7 Å². The molecule has 3 aliphatic rings. The maximum Gasteiger partial charge on any atom is 0.198 e. The molecule has 58 heavy (non-hydrogen) atoms. The number of thioether (sulfide) groups is 2. The second-order valence-electron chi connectivity index (χ2n) is 17.0. The molecule has 2 saturated carbocycles. The molecule has 0 aliphatic heterocycles. The number of hydrogen-bond acceptors (Lipinski definition) is 7. The number of aromatic hydroxyl groups is 1. The highest BCUT2D eigenvalue weighted by molar-refractivity contribution is 8.00. The Bertz CT molecular complexity index is 2050. The fourth-order valence-electron chi connectivity index (χ4n) is 9.92. The summed E-state index contributed by atoms with van der Waals surface area (Å²) >= 11 is 3.51. The number of phenols is 1. The van der Waals surface area contributed by atoms with Crippen LogP contribution in [-0.4, -0.2) is 34.8 Å². The van der Waals surface area contributed by atoms with Gasteiger partial charge in [0.05, 0.1) is 33.2 Å². The first-order chi connectivity index (χ1) is 28.3. The molecule has 7 heteroatoms. The van der Waals surface area contributed by atoms with Crippen LogP contribution in [0.1, 0.15) is 161 Å². The van der Waals surface area contributed by atoms with Crippen molar-refractivity contribution >= 4 is 40.8 Å². The average molecular weight is 818 g/mol. The van der Waals surface area contributed by atoms with Crippen LogP contribution < -0.4 is 10.5 Å². The number of carbonyl (C=O) groups is 2. The van der Waals surface area contributed by atoms with Gasteiger partial charge in [0.15, 0.2) is 11.6 Å². The molecule has 0 radical (unpaired) electrons. The molecule has 0 unspecified atom stereocenters. The maximum atomic E-state index is 14.3. The topological polar surface area (TPSA) is 89.6 Å². The zero-order valence-electron chi connectivity index (χ0n) is 35.2. The van der Waals surface area contributed by atoms with Crippen molar-refractivity contribution in [3.05, 3.63) is 88.5 Å². The fraction of sp³-hybridized carbons (Fsp3) is 0.490. The van der Waals surface area contributed by atoms with Gasteiger partial charge in [-0.25, -0.2) is 0 Å². The fourth-order valence-corrected chi connectivity index (χ4v) is 11.6. The van der Waals surface area contributed by atoms with Gasteiger partial charge in [0.25, 0.3) is 0 Å². The van der Waals surface area contributed by atoms with E-state index in [0.29, 0.717) is 23.0 Å². The lowest BCUT2D eigenvalue weighted by molar-refractivity contribution is 0.0977. The lowest BCUT2D eigenvalue weighted by Gasteiger charge is -2.29. The number of benzene rings is 4. The summed E-state index contributed by atoms with van der Waals surface area (Å²) in [5, 5.41) is 11.7. The van der Waals surface area contributed by atoms with Crippen molar-refractivity contribution in [2.24, 2.45) is 17.8 Å². The predicted molar refractivity (Wildman–Crippen MR) is 244 cm³/mol. The Morgan fingerprint density at radius 1 is 0.621 bits per heavy atom. The molecule has 0 spiro atoms. The van der Waals surface area contributed by atoms with Crippen molar-refractivity contribution in [2.75, 3.05) is 23.8 Å². The molecule has 3 N–H and O–H groups in total. The molecular formula is C51H63NO4S2. The Morgan fingerprint density at radius 2 is 1.17 bits per heavy atom. The second kappa shape index (κ2) is 19.6. The van der Waals surface area contributed by atoms with Crippen molar-refractivity contribution < 1.29 is 19.4 Å². The van der Waals surface area contributed by atoms with Crippen LogP contribution in [0, 0.1) is 17.8 Å². The molecule has 0 aromatic heterocycles. The second-order valence-corrected chi connectivity index (χ2v) is 19.6. The quantitative estimate of drug-likeness (QED) is 0.0582. The lowest BCUT2D eigenvalue weighted by atomic mass is 9.76. The van der Waals surface area contributed by atoms with Gasteiger partial charge < -0.3 is 15.6 Å². The number of fused-ring (bicyclic) bond motifs is 2. The van der Waals surface area contributed by atoms with Crippen LogP contribution in [0.4, 0.5) is 5.69 Å². The van der Waals surface area contributed by atoms with Gasteiger partial charge in [-0.3, -0.25) is 9.59 Å². The molecule has 308 valence electrons. The third-order valence-electron chi connectivity index (χ3n) is 13.2. The minimum absolute atomic E-state index is 0.0521. The van der Waals surface area contributed by atoms with Gasteiger partial charge in [-0.2, -0.15) is 0 Å². The van der Waals surface area contributed by atoms with Gasteiger partial charge in [0, 0.05) is 22.3 Å². The molecule has 2 fully saturated rings. The summed E-state index contributed by atoms with van der Waals surface area (Å²) < 4.78 is 6.70. The summed E-state index contributed by atoms with van der Waals surface area (Å²) in [5.74, 6) is 4.69. The molecule has 5 nitrogen and oxygen atoms in total. The van der Waals surface area contributed by atoms with E-state index < -0.39 is 0 Å². The van der Waals surface area contributed by atoms with Crippen LogP contribution >= 0.6 is 23.5 Å². The van der Waals surface area contributed by atoms with Crippen LogP contribution in [0.5, 0.6) is 11.5 Å². The zero-order chi connectivity index (χ0) is 40.8. The van der Waals surface area contributed by atoms with Gasteiger partial charge in [0.2, 0.25) is 0 Å². The van der Waals surface area contributed by atoms with E-state index in [-0.39, 0.29) is 45.3 Å². The Kier molecular flexibility index (Phi) is 14.3. The summed E-state index contributed by atoms with van der Waals surface area (Å²) in [6.07, 6.45) is 18.0. The van der Waals surface area contributed by atoms with E-state index in [1.54, 1.807) is 41.7 Å². The van der Waals surface area contributed by atoms with Crippen molar-refractivity contribution in [1.82, 2.24) is 0 Å². The van der Waals surface area contributed by atoms with Crippen molar-refractivity contribution in [3.8, 4) is 33.8 Å². The molecule has 0 saturated heterocycles. The highest BCUT2D eigenvalue weighted by atomic mass is 32.2. The van der Waals surface area contributed by atoms with Crippen LogP contribution in [0.2, 0.25) is 0 Å². The molecule has 0 heterocycles. The van der Waals surface area contributed by atoms with E-state index >= 15 is 0 Å². The number of ketones is 2. The summed E-state index contributed by atoms with van der Waals surface area (Å²) in [7, 11) is 0. The number of ether oxygens (including phenoxy) is 1. The number of nitrogens with two attached hydrogens (primary N) is 1. The normalized spacial score (nSPS) is 20.5. The first kappa shape index (κ1) is 42.4. The maximum absolute atomic E-state index is 14.3. The number of nitrogen functional groups attached to an aromatic ring is 1.